The molecule has 5 nitrogen and oxygen atoms in total. The first-order valence-corrected chi connectivity index (χ1v) is 7.05. The Hall–Kier alpha value is -2.89. The molecule has 23 heavy (non-hydrogen) atoms. The summed E-state index contributed by atoms with van der Waals surface area (Å²) >= 11 is 0. The van der Waals surface area contributed by atoms with Crippen LogP contribution < -0.4 is 4.74 Å². The lowest BCUT2D eigenvalue weighted by molar-refractivity contribution is -0.136. The van der Waals surface area contributed by atoms with Crippen LogP contribution in [0.3, 0.4) is 0 Å². The number of ether oxygens (including phenoxy) is 1. The first-order chi connectivity index (χ1) is 11.0. The zero-order valence-corrected chi connectivity index (χ0v) is 12.5. The van der Waals surface area contributed by atoms with E-state index in [2.05, 4.69) is 5.10 Å². The minimum absolute atomic E-state index is 0.139. The lowest BCUT2D eigenvalue weighted by Gasteiger charge is -2.03. The third-order valence-corrected chi connectivity index (χ3v) is 3.57. The van der Waals surface area contributed by atoms with Gasteiger partial charge in [0, 0.05) is 17.1 Å². The summed E-state index contributed by atoms with van der Waals surface area (Å²) in [5, 5.41) is 13.8. The van der Waals surface area contributed by atoms with E-state index in [9.17, 15) is 9.18 Å². The van der Waals surface area contributed by atoms with Crippen molar-refractivity contribution in [2.24, 2.45) is 0 Å². The number of benzene rings is 2. The predicted octanol–water partition coefficient (Wildman–Crippen LogP) is 2.86. The first-order valence-electron chi connectivity index (χ1n) is 7.05. The topological polar surface area (TPSA) is 64.3 Å². The fraction of sp³-hybridized carbons (Fsp3) is 0.176. The van der Waals surface area contributed by atoms with Crippen molar-refractivity contribution in [2.45, 2.75) is 13.0 Å². The summed E-state index contributed by atoms with van der Waals surface area (Å²) in [5.74, 6) is -0.815. The van der Waals surface area contributed by atoms with Crippen LogP contribution in [0.1, 0.15) is 11.1 Å². The Morgan fingerprint density at radius 3 is 2.70 bits per heavy atom. The third kappa shape index (κ3) is 3.31. The third-order valence-electron chi connectivity index (χ3n) is 3.57. The molecule has 0 aliphatic rings. The molecule has 1 N–H and O–H groups in total. The number of nitrogens with zero attached hydrogens (tertiary/aromatic N) is 2. The lowest BCUT2D eigenvalue weighted by Crippen LogP contribution is -2.02. The lowest BCUT2D eigenvalue weighted by atomic mass is 10.1. The van der Waals surface area contributed by atoms with Crippen LogP contribution in [0.2, 0.25) is 0 Å². The molecule has 0 spiro atoms. The standard InChI is InChI=1S/C17H15FN2O3/c1-23-14-4-2-11(3-5-14)9-20-10-13-6-15(18)12(8-17(21)22)7-16(13)19-20/h2-7,10H,8-9H2,1H3,(H,21,22). The summed E-state index contributed by atoms with van der Waals surface area (Å²) in [6.45, 7) is 0.536. The molecule has 6 heteroatoms. The smallest absolute Gasteiger partial charge is 0.307 e. The van der Waals surface area contributed by atoms with E-state index < -0.39 is 11.8 Å². The van der Waals surface area contributed by atoms with Crippen LogP contribution in [0.4, 0.5) is 4.39 Å². The van der Waals surface area contributed by atoms with Crippen LogP contribution in [-0.2, 0) is 17.8 Å². The van der Waals surface area contributed by atoms with E-state index in [0.29, 0.717) is 17.4 Å². The van der Waals surface area contributed by atoms with Gasteiger partial charge in [0.05, 0.1) is 25.6 Å². The van der Waals surface area contributed by atoms with Gasteiger partial charge in [-0.2, -0.15) is 5.10 Å². The van der Waals surface area contributed by atoms with Gasteiger partial charge in [-0.25, -0.2) is 4.39 Å². The molecule has 2 aromatic carbocycles. The number of hydrogen-bond acceptors (Lipinski definition) is 3. The van der Waals surface area contributed by atoms with Crippen molar-refractivity contribution in [3.8, 4) is 5.75 Å². The van der Waals surface area contributed by atoms with E-state index in [0.717, 1.165) is 11.3 Å². The molecular weight excluding hydrogens is 299 g/mol. The van der Waals surface area contributed by atoms with Crippen molar-refractivity contribution in [1.82, 2.24) is 9.78 Å². The second-order valence-electron chi connectivity index (χ2n) is 5.25. The van der Waals surface area contributed by atoms with Crippen molar-refractivity contribution in [3.63, 3.8) is 0 Å². The summed E-state index contributed by atoms with van der Waals surface area (Å²) in [7, 11) is 1.61. The van der Waals surface area contributed by atoms with Gasteiger partial charge >= 0.3 is 5.97 Å². The van der Waals surface area contributed by atoms with E-state index in [1.807, 2.05) is 24.3 Å². The van der Waals surface area contributed by atoms with Gasteiger partial charge in [-0.15, -0.1) is 0 Å². The molecule has 0 saturated heterocycles. The molecule has 0 aliphatic carbocycles. The molecule has 3 rings (SSSR count). The summed E-state index contributed by atoms with van der Waals surface area (Å²) in [4.78, 5) is 10.8. The van der Waals surface area contributed by atoms with Crippen LogP contribution in [0.5, 0.6) is 5.75 Å². The Bertz CT molecular complexity index is 856. The van der Waals surface area contributed by atoms with Crippen molar-refractivity contribution >= 4 is 16.9 Å². The molecule has 0 radical (unpaired) electrons. The van der Waals surface area contributed by atoms with E-state index in [1.165, 1.54) is 12.1 Å². The Morgan fingerprint density at radius 2 is 2.04 bits per heavy atom. The fourth-order valence-electron chi connectivity index (χ4n) is 2.44. The minimum Gasteiger partial charge on any atom is -0.497 e. The van der Waals surface area contributed by atoms with Crippen LogP contribution in [-0.4, -0.2) is 28.0 Å². The molecule has 0 aliphatic heterocycles. The van der Waals surface area contributed by atoms with Crippen molar-refractivity contribution in [1.29, 1.82) is 0 Å². The number of hydrogen-bond donors (Lipinski definition) is 1. The van der Waals surface area contributed by atoms with Crippen LogP contribution in [0, 0.1) is 5.82 Å². The maximum absolute atomic E-state index is 13.9. The van der Waals surface area contributed by atoms with Gasteiger partial charge in [0.25, 0.3) is 0 Å². The Morgan fingerprint density at radius 1 is 1.30 bits per heavy atom. The molecule has 1 aromatic heterocycles. The van der Waals surface area contributed by atoms with Gasteiger partial charge in [0.2, 0.25) is 0 Å². The van der Waals surface area contributed by atoms with Gasteiger partial charge in [0.15, 0.2) is 0 Å². The molecular formula is C17H15FN2O3. The Balaban J connectivity index is 1.88. The number of aliphatic carboxylic acids is 1. The number of carboxylic acids is 1. The molecule has 3 aromatic rings. The van der Waals surface area contributed by atoms with Crippen LogP contribution in [0.15, 0.2) is 42.6 Å². The van der Waals surface area contributed by atoms with Crippen molar-refractivity contribution in [2.75, 3.05) is 7.11 Å². The van der Waals surface area contributed by atoms with Crippen LogP contribution in [0.25, 0.3) is 10.9 Å². The molecule has 118 valence electrons. The second-order valence-corrected chi connectivity index (χ2v) is 5.25. The van der Waals surface area contributed by atoms with Crippen LogP contribution >= 0.6 is 0 Å². The van der Waals surface area contributed by atoms with Gasteiger partial charge in [-0.1, -0.05) is 12.1 Å². The molecule has 0 unspecified atom stereocenters. The highest BCUT2D eigenvalue weighted by atomic mass is 19.1. The normalized spacial score (nSPS) is 10.9. The molecule has 0 saturated carbocycles. The number of rotatable bonds is 5. The van der Waals surface area contributed by atoms with E-state index in [4.69, 9.17) is 9.84 Å². The van der Waals surface area contributed by atoms with Crippen molar-refractivity contribution < 1.29 is 19.0 Å². The second kappa shape index (κ2) is 6.08. The fourth-order valence-corrected chi connectivity index (χ4v) is 2.44. The maximum Gasteiger partial charge on any atom is 0.307 e. The van der Waals surface area contributed by atoms with Gasteiger partial charge in [0.1, 0.15) is 11.6 Å². The van der Waals surface area contributed by atoms with E-state index in [1.54, 1.807) is 18.0 Å². The largest absolute Gasteiger partial charge is 0.497 e. The van der Waals surface area contributed by atoms with E-state index in [-0.39, 0.29) is 12.0 Å². The zero-order valence-electron chi connectivity index (χ0n) is 12.5. The summed E-state index contributed by atoms with van der Waals surface area (Å²) in [6, 6.07) is 10.4. The highest BCUT2D eigenvalue weighted by Crippen LogP contribution is 2.20. The zero-order chi connectivity index (χ0) is 16.4. The number of halogens is 1. The molecule has 0 atom stereocenters. The van der Waals surface area contributed by atoms with E-state index >= 15 is 0 Å². The number of aromatic nitrogens is 2. The van der Waals surface area contributed by atoms with Gasteiger partial charge in [-0.05, 0) is 29.8 Å². The number of carboxylic acid groups (broad SMARTS) is 1. The molecule has 0 fully saturated rings. The number of methoxy groups -OCH3 is 1. The summed E-state index contributed by atoms with van der Waals surface area (Å²) in [6.07, 6.45) is 1.39. The molecule has 0 amide bonds. The summed E-state index contributed by atoms with van der Waals surface area (Å²) in [5.41, 5.74) is 1.75. The van der Waals surface area contributed by atoms with Gasteiger partial charge in [-0.3, -0.25) is 9.48 Å². The quantitative estimate of drug-likeness (QED) is 0.786. The Labute approximate surface area is 131 Å². The van der Waals surface area contributed by atoms with Crippen molar-refractivity contribution in [3.05, 3.63) is 59.5 Å². The summed E-state index contributed by atoms with van der Waals surface area (Å²) < 4.78 is 20.7. The average molecular weight is 314 g/mol. The SMILES string of the molecule is COc1ccc(Cn2cc3cc(F)c(CC(=O)O)cc3n2)cc1. The Kier molecular flexibility index (Phi) is 3.97. The first kappa shape index (κ1) is 15.0. The highest BCUT2D eigenvalue weighted by Gasteiger charge is 2.11. The minimum atomic E-state index is -1.07. The predicted molar refractivity (Wildman–Crippen MR) is 83.1 cm³/mol. The molecule has 0 bridgehead atoms. The molecule has 1 heterocycles. The average Bonchev–Trinajstić information content (AvgIpc) is 2.89. The number of fused-ring (bicyclic) bond motifs is 1. The highest BCUT2D eigenvalue weighted by molar-refractivity contribution is 5.80. The number of carbonyl (C=O) groups is 1. The maximum atomic E-state index is 13.9. The monoisotopic (exact) mass is 314 g/mol. The van der Waals surface area contributed by atoms with Gasteiger partial charge < -0.3 is 9.84 Å².